The first kappa shape index (κ1) is 25.5. The van der Waals surface area contributed by atoms with Gasteiger partial charge in [-0.2, -0.15) is 0 Å². The lowest BCUT2D eigenvalue weighted by atomic mass is 9.95. The summed E-state index contributed by atoms with van der Waals surface area (Å²) in [7, 11) is 3.09. The molecule has 0 spiro atoms. The van der Waals surface area contributed by atoms with Crippen molar-refractivity contribution in [3.63, 3.8) is 0 Å². The molecule has 0 aliphatic carbocycles. The smallest absolute Gasteiger partial charge is 0.338 e. The molecule has 2 atom stereocenters. The van der Waals surface area contributed by atoms with Gasteiger partial charge in [0.15, 0.2) is 16.3 Å². The first-order chi connectivity index (χ1) is 18.4. The number of carbonyl (C=O) groups is 1. The van der Waals surface area contributed by atoms with E-state index in [0.29, 0.717) is 37.7 Å². The molecule has 0 saturated carbocycles. The van der Waals surface area contributed by atoms with Gasteiger partial charge < -0.3 is 18.9 Å². The topological polar surface area (TPSA) is 88.4 Å². The van der Waals surface area contributed by atoms with Crippen LogP contribution in [0.25, 0.3) is 12.2 Å². The van der Waals surface area contributed by atoms with Gasteiger partial charge in [-0.15, -0.1) is 0 Å². The Balaban J connectivity index is 1.71. The Kier molecular flexibility index (Phi) is 6.94. The first-order valence-electron chi connectivity index (χ1n) is 12.2. The van der Waals surface area contributed by atoms with Gasteiger partial charge in [-0.25, -0.2) is 9.79 Å². The van der Waals surface area contributed by atoms with Gasteiger partial charge in [-0.05, 0) is 62.3 Å². The fraction of sp³-hybridized carbons (Fsp3) is 0.276. The summed E-state index contributed by atoms with van der Waals surface area (Å²) in [5, 5.41) is 0. The van der Waals surface area contributed by atoms with Gasteiger partial charge in [-0.3, -0.25) is 9.36 Å². The van der Waals surface area contributed by atoms with Crippen LogP contribution in [-0.4, -0.2) is 37.5 Å². The molecule has 2 aromatic carbocycles. The number of hydrogen-bond donors (Lipinski definition) is 0. The quantitative estimate of drug-likeness (QED) is 0.451. The van der Waals surface area contributed by atoms with Gasteiger partial charge in [0.1, 0.15) is 11.9 Å². The highest BCUT2D eigenvalue weighted by Crippen LogP contribution is 2.36. The second-order valence-corrected chi connectivity index (χ2v) is 9.87. The van der Waals surface area contributed by atoms with Crippen molar-refractivity contribution in [3.8, 4) is 17.2 Å². The van der Waals surface area contributed by atoms with Crippen molar-refractivity contribution in [1.82, 2.24) is 4.57 Å². The van der Waals surface area contributed by atoms with Crippen LogP contribution in [0, 0.1) is 0 Å². The van der Waals surface area contributed by atoms with Gasteiger partial charge in [0.2, 0.25) is 0 Å². The van der Waals surface area contributed by atoms with E-state index in [2.05, 4.69) is 4.99 Å². The Hall–Kier alpha value is -4.11. The molecule has 8 nitrogen and oxygen atoms in total. The highest BCUT2D eigenvalue weighted by Gasteiger charge is 2.34. The molecule has 1 aromatic heterocycles. The van der Waals surface area contributed by atoms with E-state index in [1.165, 1.54) is 11.3 Å². The van der Waals surface area contributed by atoms with Crippen LogP contribution in [0.3, 0.4) is 0 Å². The average molecular weight is 533 g/mol. The van der Waals surface area contributed by atoms with Crippen LogP contribution in [0.2, 0.25) is 0 Å². The van der Waals surface area contributed by atoms with Crippen LogP contribution in [0.5, 0.6) is 17.2 Å². The van der Waals surface area contributed by atoms with Gasteiger partial charge >= 0.3 is 5.97 Å². The number of para-hydroxylation sites is 1. The van der Waals surface area contributed by atoms with E-state index in [0.717, 1.165) is 16.9 Å². The molecule has 0 bridgehead atoms. The Bertz CT molecular complexity index is 1660. The molecule has 0 saturated heterocycles. The van der Waals surface area contributed by atoms with E-state index in [9.17, 15) is 9.59 Å². The predicted octanol–water partition coefficient (Wildman–Crippen LogP) is 3.63. The minimum absolute atomic E-state index is 0.201. The molecule has 196 valence electrons. The number of benzene rings is 2. The summed E-state index contributed by atoms with van der Waals surface area (Å²) in [5.41, 5.74) is 3.05. The fourth-order valence-corrected chi connectivity index (χ4v) is 5.75. The van der Waals surface area contributed by atoms with E-state index in [-0.39, 0.29) is 18.3 Å². The minimum Gasteiger partial charge on any atom is -0.493 e. The van der Waals surface area contributed by atoms with Crippen molar-refractivity contribution in [1.29, 1.82) is 0 Å². The molecule has 0 radical (unpaired) electrons. The van der Waals surface area contributed by atoms with E-state index < -0.39 is 12.0 Å². The number of hydrogen-bond acceptors (Lipinski definition) is 8. The second kappa shape index (κ2) is 10.3. The Morgan fingerprint density at radius 3 is 2.66 bits per heavy atom. The van der Waals surface area contributed by atoms with Gasteiger partial charge in [0, 0.05) is 5.56 Å². The number of allylic oxidation sites excluding steroid dienone is 1. The first-order valence-corrected chi connectivity index (χ1v) is 13.1. The number of carbonyl (C=O) groups excluding carboxylic acids is 1. The van der Waals surface area contributed by atoms with Gasteiger partial charge in [0.25, 0.3) is 5.56 Å². The van der Waals surface area contributed by atoms with E-state index >= 15 is 0 Å². The predicted molar refractivity (Wildman–Crippen MR) is 145 cm³/mol. The Morgan fingerprint density at radius 1 is 1.16 bits per heavy atom. The summed E-state index contributed by atoms with van der Waals surface area (Å²) >= 11 is 1.28. The van der Waals surface area contributed by atoms with Crippen LogP contribution in [0.4, 0.5) is 0 Å². The van der Waals surface area contributed by atoms with Crippen molar-refractivity contribution in [2.75, 3.05) is 20.8 Å². The van der Waals surface area contributed by atoms with Crippen molar-refractivity contribution in [2.45, 2.75) is 32.9 Å². The summed E-state index contributed by atoms with van der Waals surface area (Å²) in [4.78, 5) is 32.2. The summed E-state index contributed by atoms with van der Waals surface area (Å²) < 4.78 is 24.4. The summed E-state index contributed by atoms with van der Waals surface area (Å²) in [6.45, 7) is 5.65. The van der Waals surface area contributed by atoms with Crippen LogP contribution in [-0.2, 0) is 9.53 Å². The third kappa shape index (κ3) is 4.43. The fourth-order valence-electron chi connectivity index (χ4n) is 4.70. The zero-order valence-electron chi connectivity index (χ0n) is 21.8. The summed E-state index contributed by atoms with van der Waals surface area (Å²) in [5.74, 6) is 1.32. The van der Waals surface area contributed by atoms with Crippen molar-refractivity contribution < 1.29 is 23.7 Å². The molecule has 0 fully saturated rings. The Morgan fingerprint density at radius 2 is 1.92 bits per heavy atom. The highest BCUT2D eigenvalue weighted by atomic mass is 32.1. The van der Waals surface area contributed by atoms with Crippen molar-refractivity contribution in [2.24, 2.45) is 4.99 Å². The zero-order chi connectivity index (χ0) is 27.0. The number of ether oxygens (including phenoxy) is 4. The maximum Gasteiger partial charge on any atom is 0.338 e. The molecule has 3 aromatic rings. The number of esters is 1. The maximum atomic E-state index is 13.9. The third-order valence-corrected chi connectivity index (χ3v) is 7.54. The molecule has 9 heteroatoms. The molecule has 0 N–H and O–H groups in total. The average Bonchev–Trinajstić information content (AvgIpc) is 3.22. The standard InChI is InChI=1S/C29H28N2O6S/c1-6-36-28(33)25-16(2)30-29-31(26(25)19-11-12-22(34-4)23(14-19)35-5)27(32)24(38-29)15-20-13-18-9-7-8-10-21(18)37-17(20)3/h7-15,17,26H,6H2,1-5H3. The molecule has 38 heavy (non-hydrogen) atoms. The lowest BCUT2D eigenvalue weighted by molar-refractivity contribution is -0.139. The van der Waals surface area contributed by atoms with Crippen LogP contribution >= 0.6 is 11.3 Å². The third-order valence-electron chi connectivity index (χ3n) is 6.55. The number of methoxy groups -OCH3 is 2. The second-order valence-electron chi connectivity index (χ2n) is 8.86. The largest absolute Gasteiger partial charge is 0.493 e. The van der Waals surface area contributed by atoms with E-state index in [4.69, 9.17) is 18.9 Å². The van der Waals surface area contributed by atoms with Crippen LogP contribution in [0.1, 0.15) is 37.9 Å². The molecule has 3 heterocycles. The summed E-state index contributed by atoms with van der Waals surface area (Å²) in [6, 6.07) is 12.4. The van der Waals surface area contributed by atoms with Crippen molar-refractivity contribution in [3.05, 3.63) is 90.1 Å². The number of fused-ring (bicyclic) bond motifs is 2. The number of aromatic nitrogens is 1. The molecular weight excluding hydrogens is 504 g/mol. The molecule has 0 amide bonds. The van der Waals surface area contributed by atoms with Crippen LogP contribution < -0.4 is 29.1 Å². The lowest BCUT2D eigenvalue weighted by Gasteiger charge is -2.25. The molecular formula is C29H28N2O6S. The SMILES string of the molecule is CCOC(=O)C1=C(C)N=c2sc(=CC3=Cc4ccccc4OC3C)c(=O)n2C1c1ccc(OC)c(OC)c1. The number of rotatable bonds is 6. The number of nitrogens with zero attached hydrogens (tertiary/aromatic N) is 2. The molecule has 2 unspecified atom stereocenters. The zero-order valence-corrected chi connectivity index (χ0v) is 22.6. The van der Waals surface area contributed by atoms with Gasteiger partial charge in [-0.1, -0.05) is 35.6 Å². The highest BCUT2D eigenvalue weighted by molar-refractivity contribution is 7.07. The monoisotopic (exact) mass is 532 g/mol. The molecule has 2 aliphatic heterocycles. The molecule has 2 aliphatic rings. The normalized spacial score (nSPS) is 18.6. The van der Waals surface area contributed by atoms with Crippen molar-refractivity contribution >= 4 is 29.5 Å². The maximum absolute atomic E-state index is 13.9. The Labute approximate surface area is 223 Å². The molecule has 5 rings (SSSR count). The van der Waals surface area contributed by atoms with Crippen LogP contribution in [0.15, 0.2) is 69.1 Å². The minimum atomic E-state index is -0.748. The summed E-state index contributed by atoms with van der Waals surface area (Å²) in [6.07, 6.45) is 3.64. The van der Waals surface area contributed by atoms with E-state index in [1.54, 1.807) is 44.8 Å². The van der Waals surface area contributed by atoms with E-state index in [1.807, 2.05) is 49.4 Å². The lowest BCUT2D eigenvalue weighted by Crippen LogP contribution is -2.40. The number of thiazole rings is 1. The van der Waals surface area contributed by atoms with Gasteiger partial charge in [0.05, 0.1) is 42.7 Å².